The third-order valence-corrected chi connectivity index (χ3v) is 5.22. The standard InChI is InChI=1S/C18H17ClN4O3S/c1-23-11-13(10-21-23)15-7-6-14(9-17(15)27(20,25)26)22-18(24)8-12-4-2-3-5-16(12)19/h2-7,9-11H,8H2,1H3,(H,22,24)(H2,20,25,26). The predicted octanol–water partition coefficient (Wildman–Crippen LogP) is 2.57. The molecule has 0 fully saturated rings. The summed E-state index contributed by atoms with van der Waals surface area (Å²) in [5.74, 6) is -0.322. The van der Waals surface area contributed by atoms with E-state index in [1.807, 2.05) is 0 Å². The summed E-state index contributed by atoms with van der Waals surface area (Å²) in [4.78, 5) is 12.2. The molecular formula is C18H17ClN4O3S. The summed E-state index contributed by atoms with van der Waals surface area (Å²) in [5, 5.41) is 12.6. The zero-order valence-corrected chi connectivity index (χ0v) is 16.0. The molecule has 0 saturated carbocycles. The zero-order valence-electron chi connectivity index (χ0n) is 14.4. The number of anilines is 1. The Labute approximate surface area is 161 Å². The molecule has 27 heavy (non-hydrogen) atoms. The molecule has 0 unspecified atom stereocenters. The molecule has 0 bridgehead atoms. The number of nitrogens with two attached hydrogens (primary N) is 1. The van der Waals surface area contributed by atoms with E-state index in [-0.39, 0.29) is 17.2 Å². The Morgan fingerprint density at radius 1 is 1.26 bits per heavy atom. The topological polar surface area (TPSA) is 107 Å². The van der Waals surface area contributed by atoms with Crippen molar-refractivity contribution in [1.82, 2.24) is 9.78 Å². The summed E-state index contributed by atoms with van der Waals surface area (Å²) in [6, 6.07) is 11.6. The van der Waals surface area contributed by atoms with Crippen molar-refractivity contribution in [2.45, 2.75) is 11.3 Å². The molecule has 0 aliphatic carbocycles. The van der Waals surface area contributed by atoms with Gasteiger partial charge < -0.3 is 5.32 Å². The van der Waals surface area contributed by atoms with Crippen molar-refractivity contribution in [3.63, 3.8) is 0 Å². The molecule has 0 aliphatic rings. The third kappa shape index (κ3) is 4.54. The van der Waals surface area contributed by atoms with Crippen LogP contribution in [-0.2, 0) is 28.3 Å². The van der Waals surface area contributed by atoms with E-state index in [1.165, 1.54) is 6.07 Å². The number of carbonyl (C=O) groups excluding carboxylic acids is 1. The first-order valence-corrected chi connectivity index (χ1v) is 9.85. The van der Waals surface area contributed by atoms with Crippen LogP contribution in [0.4, 0.5) is 5.69 Å². The Morgan fingerprint density at radius 3 is 2.63 bits per heavy atom. The van der Waals surface area contributed by atoms with Crippen LogP contribution in [0, 0.1) is 0 Å². The summed E-state index contributed by atoms with van der Waals surface area (Å²) in [7, 11) is -2.28. The molecule has 0 atom stereocenters. The maximum Gasteiger partial charge on any atom is 0.238 e. The van der Waals surface area contributed by atoms with E-state index < -0.39 is 10.0 Å². The molecule has 3 aromatic rings. The van der Waals surface area contributed by atoms with E-state index in [9.17, 15) is 13.2 Å². The normalized spacial score (nSPS) is 11.4. The Morgan fingerprint density at radius 2 is 2.00 bits per heavy atom. The van der Waals surface area contributed by atoms with Crippen molar-refractivity contribution in [3.8, 4) is 11.1 Å². The van der Waals surface area contributed by atoms with Crippen LogP contribution < -0.4 is 10.5 Å². The molecule has 7 nitrogen and oxygen atoms in total. The highest BCUT2D eigenvalue weighted by Gasteiger charge is 2.18. The van der Waals surface area contributed by atoms with E-state index in [0.717, 1.165) is 0 Å². The van der Waals surface area contributed by atoms with Gasteiger partial charge in [-0.1, -0.05) is 35.9 Å². The fourth-order valence-corrected chi connectivity index (χ4v) is 3.64. The Kier molecular flexibility index (Phi) is 5.31. The fourth-order valence-electron chi connectivity index (χ4n) is 2.65. The number of rotatable bonds is 5. The highest BCUT2D eigenvalue weighted by molar-refractivity contribution is 7.89. The van der Waals surface area contributed by atoms with Crippen LogP contribution in [-0.4, -0.2) is 24.1 Å². The van der Waals surface area contributed by atoms with Crippen LogP contribution in [0.5, 0.6) is 0 Å². The van der Waals surface area contributed by atoms with Gasteiger partial charge in [0.2, 0.25) is 15.9 Å². The molecule has 9 heteroatoms. The molecule has 0 aliphatic heterocycles. The van der Waals surface area contributed by atoms with Gasteiger partial charge in [-0.2, -0.15) is 5.10 Å². The molecule has 1 aromatic heterocycles. The SMILES string of the molecule is Cn1cc(-c2ccc(NC(=O)Cc3ccccc3Cl)cc2S(N)(=O)=O)cn1. The van der Waals surface area contributed by atoms with Gasteiger partial charge in [-0.3, -0.25) is 9.48 Å². The van der Waals surface area contributed by atoms with Gasteiger partial charge in [0, 0.05) is 35.1 Å². The number of carbonyl (C=O) groups is 1. The van der Waals surface area contributed by atoms with Gasteiger partial charge in [0.1, 0.15) is 0 Å². The third-order valence-electron chi connectivity index (χ3n) is 3.90. The summed E-state index contributed by atoms with van der Waals surface area (Å²) in [6.45, 7) is 0. The second kappa shape index (κ2) is 7.51. The van der Waals surface area contributed by atoms with E-state index in [1.54, 1.807) is 60.5 Å². The van der Waals surface area contributed by atoms with Crippen molar-refractivity contribution in [2.75, 3.05) is 5.32 Å². The van der Waals surface area contributed by atoms with Gasteiger partial charge in [0.05, 0.1) is 17.5 Å². The van der Waals surface area contributed by atoms with Gasteiger partial charge >= 0.3 is 0 Å². The van der Waals surface area contributed by atoms with E-state index in [0.29, 0.717) is 27.4 Å². The van der Waals surface area contributed by atoms with Crippen molar-refractivity contribution in [3.05, 3.63) is 65.4 Å². The van der Waals surface area contributed by atoms with Crippen molar-refractivity contribution in [2.24, 2.45) is 12.2 Å². The summed E-state index contributed by atoms with van der Waals surface area (Å²) >= 11 is 6.06. The summed E-state index contributed by atoms with van der Waals surface area (Å²) < 4.78 is 25.6. The molecular weight excluding hydrogens is 388 g/mol. The number of sulfonamides is 1. The van der Waals surface area contributed by atoms with Crippen LogP contribution in [0.25, 0.3) is 11.1 Å². The smallest absolute Gasteiger partial charge is 0.238 e. The van der Waals surface area contributed by atoms with Crippen molar-refractivity contribution >= 4 is 33.2 Å². The molecule has 3 N–H and O–H groups in total. The number of hydrogen-bond donors (Lipinski definition) is 2. The van der Waals surface area contributed by atoms with Gasteiger partial charge in [-0.25, -0.2) is 13.6 Å². The molecule has 0 spiro atoms. The first-order valence-electron chi connectivity index (χ1n) is 7.93. The molecule has 0 saturated heterocycles. The first kappa shape index (κ1) is 19.1. The van der Waals surface area contributed by atoms with Crippen molar-refractivity contribution < 1.29 is 13.2 Å². The first-order chi connectivity index (χ1) is 12.7. The molecule has 140 valence electrons. The lowest BCUT2D eigenvalue weighted by molar-refractivity contribution is -0.115. The lowest BCUT2D eigenvalue weighted by Gasteiger charge is -2.11. The fraction of sp³-hybridized carbons (Fsp3) is 0.111. The highest BCUT2D eigenvalue weighted by atomic mass is 35.5. The predicted molar refractivity (Wildman–Crippen MR) is 104 cm³/mol. The number of aryl methyl sites for hydroxylation is 1. The number of halogens is 1. The number of hydrogen-bond acceptors (Lipinski definition) is 4. The van der Waals surface area contributed by atoms with Crippen LogP contribution >= 0.6 is 11.6 Å². The Balaban J connectivity index is 1.89. The number of benzene rings is 2. The van der Waals surface area contributed by atoms with Crippen LogP contribution in [0.1, 0.15) is 5.56 Å². The minimum Gasteiger partial charge on any atom is -0.326 e. The number of nitrogens with one attached hydrogen (secondary N) is 1. The number of aromatic nitrogens is 2. The molecule has 1 amide bonds. The molecule has 2 aromatic carbocycles. The zero-order chi connectivity index (χ0) is 19.6. The maximum absolute atomic E-state index is 12.3. The van der Waals surface area contributed by atoms with Gasteiger partial charge in [0.25, 0.3) is 0 Å². The largest absolute Gasteiger partial charge is 0.326 e. The second-order valence-corrected chi connectivity index (χ2v) is 7.91. The van der Waals surface area contributed by atoms with Crippen LogP contribution in [0.2, 0.25) is 5.02 Å². The lowest BCUT2D eigenvalue weighted by atomic mass is 10.1. The maximum atomic E-state index is 12.3. The van der Waals surface area contributed by atoms with Crippen LogP contribution in [0.15, 0.2) is 59.8 Å². The highest BCUT2D eigenvalue weighted by Crippen LogP contribution is 2.29. The molecule has 3 rings (SSSR count). The summed E-state index contributed by atoms with van der Waals surface area (Å²) in [5.41, 5.74) is 2.02. The Bertz CT molecular complexity index is 1110. The number of nitrogens with zero attached hydrogens (tertiary/aromatic N) is 2. The second-order valence-electron chi connectivity index (χ2n) is 5.97. The van der Waals surface area contributed by atoms with Gasteiger partial charge in [-0.15, -0.1) is 0 Å². The summed E-state index contributed by atoms with van der Waals surface area (Å²) in [6.07, 6.45) is 3.29. The lowest BCUT2D eigenvalue weighted by Crippen LogP contribution is -2.17. The number of amides is 1. The van der Waals surface area contributed by atoms with Crippen LogP contribution in [0.3, 0.4) is 0 Å². The number of primary sulfonamides is 1. The quantitative estimate of drug-likeness (QED) is 0.681. The average Bonchev–Trinajstić information content (AvgIpc) is 3.02. The van der Waals surface area contributed by atoms with Crippen molar-refractivity contribution in [1.29, 1.82) is 0 Å². The van der Waals surface area contributed by atoms with E-state index in [4.69, 9.17) is 16.7 Å². The minimum absolute atomic E-state index is 0.0642. The van der Waals surface area contributed by atoms with E-state index in [2.05, 4.69) is 10.4 Å². The van der Waals surface area contributed by atoms with E-state index >= 15 is 0 Å². The van der Waals surface area contributed by atoms with Gasteiger partial charge in [-0.05, 0) is 23.8 Å². The molecule has 0 radical (unpaired) electrons. The molecule has 1 heterocycles. The minimum atomic E-state index is -4.01. The van der Waals surface area contributed by atoms with Gasteiger partial charge in [0.15, 0.2) is 0 Å². The average molecular weight is 405 g/mol. The monoisotopic (exact) mass is 404 g/mol. The Hall–Kier alpha value is -2.68.